The number of benzene rings is 1. The van der Waals surface area contributed by atoms with E-state index in [1.54, 1.807) is 18.5 Å². The average molecular weight is 510 g/mol. The fourth-order valence-electron chi connectivity index (χ4n) is 4.78. The Kier molecular flexibility index (Phi) is 11.0. The van der Waals surface area contributed by atoms with Crippen molar-refractivity contribution in [3.8, 4) is 5.75 Å². The fourth-order valence-corrected chi connectivity index (χ4v) is 6.00. The molecule has 1 unspecified atom stereocenters. The Labute approximate surface area is 213 Å². The molecule has 1 heterocycles. The highest BCUT2D eigenvalue weighted by Gasteiger charge is 2.28. The monoisotopic (exact) mass is 509 g/mol. The number of nitrogens with zero attached hydrogens (tertiary/aromatic N) is 3. The molecular formula is C26H43N3O5S. The predicted octanol–water partition coefficient (Wildman–Crippen LogP) is 2.77. The summed E-state index contributed by atoms with van der Waals surface area (Å²) in [6.45, 7) is 8.90. The molecule has 8 nitrogen and oxygen atoms in total. The van der Waals surface area contributed by atoms with Gasteiger partial charge in [0.05, 0.1) is 31.3 Å². The van der Waals surface area contributed by atoms with Crippen LogP contribution in [0.2, 0.25) is 0 Å². The predicted molar refractivity (Wildman–Crippen MR) is 138 cm³/mol. The number of rotatable bonds is 13. The molecule has 2 fully saturated rings. The van der Waals surface area contributed by atoms with Gasteiger partial charge in [-0.3, -0.25) is 4.79 Å². The molecule has 0 spiro atoms. The van der Waals surface area contributed by atoms with E-state index >= 15 is 0 Å². The van der Waals surface area contributed by atoms with Crippen LogP contribution < -0.4 is 4.74 Å². The average Bonchev–Trinajstić information content (AvgIpc) is 2.82. The van der Waals surface area contributed by atoms with Gasteiger partial charge >= 0.3 is 0 Å². The molecule has 35 heavy (non-hydrogen) atoms. The van der Waals surface area contributed by atoms with Crippen molar-refractivity contribution in [3.63, 3.8) is 0 Å². The summed E-state index contributed by atoms with van der Waals surface area (Å²) in [4.78, 5) is 17.8. The van der Waals surface area contributed by atoms with Crippen molar-refractivity contribution >= 4 is 16.9 Å². The highest BCUT2D eigenvalue weighted by atomic mass is 32.2. The maximum absolute atomic E-state index is 13.0. The van der Waals surface area contributed by atoms with Gasteiger partial charge in [0.25, 0.3) is 0 Å². The minimum absolute atomic E-state index is 0.0122. The molecule has 1 aliphatic carbocycles. The lowest BCUT2D eigenvalue weighted by molar-refractivity contribution is -0.138. The minimum atomic E-state index is -1.31. The van der Waals surface area contributed by atoms with Crippen molar-refractivity contribution in [1.29, 1.82) is 0 Å². The minimum Gasteiger partial charge on any atom is -0.497 e. The van der Waals surface area contributed by atoms with Crippen molar-refractivity contribution < 1.29 is 23.2 Å². The number of hydrogen-bond donors (Lipinski definition) is 0. The van der Waals surface area contributed by atoms with Gasteiger partial charge in [0.1, 0.15) is 23.3 Å². The first-order chi connectivity index (χ1) is 16.8. The van der Waals surface area contributed by atoms with E-state index in [1.807, 2.05) is 37.9 Å². The lowest BCUT2D eigenvalue weighted by Crippen LogP contribution is -2.44. The van der Waals surface area contributed by atoms with E-state index in [4.69, 9.17) is 14.2 Å². The van der Waals surface area contributed by atoms with E-state index in [0.717, 1.165) is 60.6 Å². The second-order valence-electron chi connectivity index (χ2n) is 9.76. The summed E-state index contributed by atoms with van der Waals surface area (Å²) in [6.07, 6.45) is 5.60. The number of hydrogen-bond acceptors (Lipinski definition) is 6. The van der Waals surface area contributed by atoms with Crippen LogP contribution in [0.15, 0.2) is 17.0 Å². The third-order valence-corrected chi connectivity index (χ3v) is 8.89. The third kappa shape index (κ3) is 7.98. The van der Waals surface area contributed by atoms with Crippen LogP contribution in [0.5, 0.6) is 5.75 Å². The lowest BCUT2D eigenvalue weighted by Gasteiger charge is -2.36. The molecule has 3 rings (SSSR count). The van der Waals surface area contributed by atoms with Gasteiger partial charge in [-0.05, 0) is 82.3 Å². The molecule has 2 aliphatic rings. The second-order valence-corrected chi connectivity index (χ2v) is 11.3. The van der Waals surface area contributed by atoms with Crippen LogP contribution >= 0.6 is 0 Å². The number of likely N-dealkylation sites (tertiary alicyclic amines) is 1. The highest BCUT2D eigenvalue weighted by molar-refractivity contribution is 7.82. The molecule has 1 amide bonds. The molecular weight excluding hydrogens is 466 g/mol. The van der Waals surface area contributed by atoms with Gasteiger partial charge in [0, 0.05) is 33.2 Å². The third-order valence-electron chi connectivity index (χ3n) is 7.15. The fraction of sp³-hybridized carbons (Fsp3) is 0.731. The first-order valence-corrected chi connectivity index (χ1v) is 13.9. The van der Waals surface area contributed by atoms with E-state index < -0.39 is 11.0 Å². The van der Waals surface area contributed by atoms with Crippen molar-refractivity contribution in [1.82, 2.24) is 14.1 Å². The van der Waals surface area contributed by atoms with Gasteiger partial charge in [0.2, 0.25) is 5.91 Å². The number of likely N-dealkylation sites (N-methyl/N-ethyl adjacent to an activating group) is 2. The van der Waals surface area contributed by atoms with Crippen LogP contribution in [0, 0.1) is 13.8 Å². The number of amides is 1. The van der Waals surface area contributed by atoms with Gasteiger partial charge in [-0.2, -0.15) is 0 Å². The molecule has 0 N–H and O–H groups in total. The summed E-state index contributed by atoms with van der Waals surface area (Å²) in [5, 5.41) is 0. The van der Waals surface area contributed by atoms with Crippen molar-refractivity contribution in [2.24, 2.45) is 0 Å². The van der Waals surface area contributed by atoms with Crippen LogP contribution in [0.25, 0.3) is 0 Å². The Hall–Kier alpha value is -1.52. The molecule has 1 saturated carbocycles. The van der Waals surface area contributed by atoms with Crippen LogP contribution in [0.1, 0.15) is 43.2 Å². The molecule has 1 saturated heterocycles. The van der Waals surface area contributed by atoms with Crippen molar-refractivity contribution in [2.75, 3.05) is 67.2 Å². The van der Waals surface area contributed by atoms with Gasteiger partial charge in [0.15, 0.2) is 0 Å². The van der Waals surface area contributed by atoms with Crippen LogP contribution in [-0.2, 0) is 25.3 Å². The standard InChI is InChI=1S/C26H43N3O5S/c1-20-16-24(32-5)17-21(2)26(20)35(31)27(3)12-14-33-19-25(30)28(4)22-8-6-9-23(18-22)34-15-13-29-10-7-11-29/h16-17,22-23H,6-15,18-19H2,1-5H3/t22-,23+,35?/m1/s1. The number of aryl methyl sites for hydroxylation is 2. The summed E-state index contributed by atoms with van der Waals surface area (Å²) < 4.78 is 31.9. The molecule has 1 aromatic carbocycles. The SMILES string of the molecule is COc1cc(C)c(S(=O)N(C)CCOCC(=O)N(C)[C@@H]2CCC[C@H](OCCN3CCC3)C2)c(C)c1. The number of methoxy groups -OCH3 is 1. The van der Waals surface area contributed by atoms with Crippen LogP contribution in [0.3, 0.4) is 0 Å². The zero-order valence-electron chi connectivity index (χ0n) is 22.1. The molecule has 198 valence electrons. The van der Waals surface area contributed by atoms with E-state index in [0.29, 0.717) is 13.2 Å². The van der Waals surface area contributed by atoms with Crippen molar-refractivity contribution in [2.45, 2.75) is 63.0 Å². The Morgan fingerprint density at radius 1 is 1.11 bits per heavy atom. The summed E-state index contributed by atoms with van der Waals surface area (Å²) in [5.41, 5.74) is 1.86. The van der Waals surface area contributed by atoms with Gasteiger partial charge in [-0.1, -0.05) is 0 Å². The van der Waals surface area contributed by atoms with E-state index in [1.165, 1.54) is 19.5 Å². The molecule has 0 aromatic heterocycles. The Bertz CT molecular complexity index is 840. The number of ether oxygens (including phenoxy) is 3. The van der Waals surface area contributed by atoms with E-state index in [-0.39, 0.29) is 24.7 Å². The zero-order valence-corrected chi connectivity index (χ0v) is 22.9. The Balaban J connectivity index is 1.37. The van der Waals surface area contributed by atoms with Crippen LogP contribution in [-0.4, -0.2) is 104 Å². The first kappa shape index (κ1) is 28.1. The molecule has 1 aliphatic heterocycles. The molecule has 0 bridgehead atoms. The summed E-state index contributed by atoms with van der Waals surface area (Å²) in [7, 11) is 3.99. The highest BCUT2D eigenvalue weighted by Crippen LogP contribution is 2.26. The molecule has 0 radical (unpaired) electrons. The van der Waals surface area contributed by atoms with Gasteiger partial charge in [-0.15, -0.1) is 0 Å². The first-order valence-electron chi connectivity index (χ1n) is 12.8. The Morgan fingerprint density at radius 3 is 2.46 bits per heavy atom. The van der Waals surface area contributed by atoms with Crippen molar-refractivity contribution in [3.05, 3.63) is 23.3 Å². The normalized spacial score (nSPS) is 21.5. The van der Waals surface area contributed by atoms with E-state index in [9.17, 15) is 9.00 Å². The molecule has 9 heteroatoms. The summed E-state index contributed by atoms with van der Waals surface area (Å²) in [5.74, 6) is 0.749. The van der Waals surface area contributed by atoms with Crippen LogP contribution in [0.4, 0.5) is 0 Å². The largest absolute Gasteiger partial charge is 0.497 e. The summed E-state index contributed by atoms with van der Waals surface area (Å²) >= 11 is 0. The lowest BCUT2D eigenvalue weighted by atomic mass is 9.92. The van der Waals surface area contributed by atoms with E-state index in [2.05, 4.69) is 4.90 Å². The maximum atomic E-state index is 13.0. The second kappa shape index (κ2) is 13.7. The topological polar surface area (TPSA) is 71.5 Å². The quantitative estimate of drug-likeness (QED) is 0.381. The Morgan fingerprint density at radius 2 is 1.83 bits per heavy atom. The van der Waals surface area contributed by atoms with Gasteiger partial charge < -0.3 is 24.0 Å². The number of carbonyl (C=O) groups excluding carboxylic acids is 1. The zero-order chi connectivity index (χ0) is 25.4. The van der Waals surface area contributed by atoms with Gasteiger partial charge in [-0.25, -0.2) is 8.51 Å². The molecule has 3 atom stereocenters. The smallest absolute Gasteiger partial charge is 0.248 e. The summed E-state index contributed by atoms with van der Waals surface area (Å²) in [6, 6.07) is 3.99. The number of carbonyl (C=O) groups is 1. The maximum Gasteiger partial charge on any atom is 0.248 e. The molecule has 1 aromatic rings.